The van der Waals surface area contributed by atoms with E-state index >= 15 is 0 Å². The number of halogens is 1. The second-order valence-corrected chi connectivity index (χ2v) is 3.71. The zero-order valence-corrected chi connectivity index (χ0v) is 13.7. The van der Waals surface area contributed by atoms with Gasteiger partial charge in [-0.3, -0.25) is 9.79 Å². The van der Waals surface area contributed by atoms with Crippen LogP contribution in [0.15, 0.2) is 23.2 Å². The molecule has 1 heterocycles. The molecule has 0 aliphatic carbocycles. The van der Waals surface area contributed by atoms with E-state index in [9.17, 15) is 4.79 Å². The van der Waals surface area contributed by atoms with Crippen LogP contribution in [0.2, 0.25) is 0 Å². The molecule has 0 saturated carbocycles. The van der Waals surface area contributed by atoms with Crippen molar-refractivity contribution < 1.29 is 4.79 Å². The highest BCUT2D eigenvalue weighted by atomic mass is 127. The van der Waals surface area contributed by atoms with Crippen LogP contribution < -0.4 is 16.0 Å². The first kappa shape index (κ1) is 17.6. The number of nitrogens with one attached hydrogen (secondary N) is 3. The number of amides is 1. The largest absolute Gasteiger partial charge is 0.359 e. The molecule has 19 heavy (non-hydrogen) atoms. The second kappa shape index (κ2) is 9.54. The summed E-state index contributed by atoms with van der Waals surface area (Å²) >= 11 is 0. The van der Waals surface area contributed by atoms with Crippen molar-refractivity contribution in [3.8, 4) is 0 Å². The van der Waals surface area contributed by atoms with E-state index in [-0.39, 0.29) is 29.9 Å². The minimum absolute atomic E-state index is 0. The summed E-state index contributed by atoms with van der Waals surface area (Å²) in [6, 6.07) is 5.51. The molecule has 1 aromatic rings. The lowest BCUT2D eigenvalue weighted by Crippen LogP contribution is -2.36. The van der Waals surface area contributed by atoms with Gasteiger partial charge in [0.05, 0.1) is 0 Å². The van der Waals surface area contributed by atoms with E-state index < -0.39 is 0 Å². The number of aromatic nitrogens is 1. The summed E-state index contributed by atoms with van der Waals surface area (Å²) in [5.41, 5.74) is 0.876. The molecule has 0 aliphatic rings. The Morgan fingerprint density at radius 3 is 2.74 bits per heavy atom. The van der Waals surface area contributed by atoms with Crippen LogP contribution in [-0.2, 0) is 4.79 Å². The summed E-state index contributed by atoms with van der Waals surface area (Å²) in [5.74, 6) is 1.17. The number of carbonyl (C=O) groups is 1. The highest BCUT2D eigenvalue weighted by Crippen LogP contribution is 2.03. The third kappa shape index (κ3) is 6.94. The maximum absolute atomic E-state index is 11.6. The highest BCUT2D eigenvalue weighted by Gasteiger charge is 2.03. The molecule has 3 N–H and O–H groups in total. The van der Waals surface area contributed by atoms with E-state index in [2.05, 4.69) is 25.9 Å². The zero-order chi connectivity index (χ0) is 13.4. The van der Waals surface area contributed by atoms with E-state index in [1.165, 1.54) is 0 Å². The quantitative estimate of drug-likeness (QED) is 0.418. The van der Waals surface area contributed by atoms with Crippen molar-refractivity contribution in [2.75, 3.05) is 26.0 Å². The van der Waals surface area contributed by atoms with E-state index in [1.807, 2.05) is 19.1 Å². The normalized spacial score (nSPS) is 10.4. The van der Waals surface area contributed by atoms with Crippen molar-refractivity contribution in [1.82, 2.24) is 15.6 Å². The average Bonchev–Trinajstić information content (AvgIpc) is 2.34. The first-order valence-corrected chi connectivity index (χ1v) is 5.77. The van der Waals surface area contributed by atoms with Crippen molar-refractivity contribution in [3.05, 3.63) is 23.9 Å². The third-order valence-electron chi connectivity index (χ3n) is 2.26. The van der Waals surface area contributed by atoms with Crippen molar-refractivity contribution in [2.45, 2.75) is 13.3 Å². The Balaban J connectivity index is 0.00000324. The molecular weight excluding hydrogens is 357 g/mol. The fourth-order valence-corrected chi connectivity index (χ4v) is 1.39. The average molecular weight is 377 g/mol. The molecule has 0 atom stereocenters. The lowest BCUT2D eigenvalue weighted by molar-refractivity contribution is -0.116. The number of rotatable bonds is 4. The third-order valence-corrected chi connectivity index (χ3v) is 2.26. The van der Waals surface area contributed by atoms with Gasteiger partial charge in [-0.15, -0.1) is 24.0 Å². The molecule has 7 heteroatoms. The van der Waals surface area contributed by atoms with Gasteiger partial charge in [-0.2, -0.15) is 0 Å². The van der Waals surface area contributed by atoms with Crippen molar-refractivity contribution in [1.29, 1.82) is 0 Å². The standard InChI is InChI=1S/C12H19N5O.HI/c1-9-5-4-6-10(16-9)17-11(18)7-8-15-12(13-2)14-3;/h4-6H,7-8H2,1-3H3,(H2,13,14,15)(H,16,17,18);1H. The van der Waals surface area contributed by atoms with Crippen LogP contribution in [-0.4, -0.2) is 37.5 Å². The minimum atomic E-state index is -0.0767. The fourth-order valence-electron chi connectivity index (χ4n) is 1.39. The van der Waals surface area contributed by atoms with E-state index in [1.54, 1.807) is 20.2 Å². The van der Waals surface area contributed by atoms with Crippen LogP contribution in [0.1, 0.15) is 12.1 Å². The van der Waals surface area contributed by atoms with Gasteiger partial charge in [0.15, 0.2) is 5.96 Å². The maximum atomic E-state index is 11.6. The van der Waals surface area contributed by atoms with Gasteiger partial charge in [-0.1, -0.05) is 6.07 Å². The maximum Gasteiger partial charge on any atom is 0.227 e. The molecule has 106 valence electrons. The molecule has 0 fully saturated rings. The van der Waals surface area contributed by atoms with Crippen LogP contribution in [0.5, 0.6) is 0 Å². The van der Waals surface area contributed by atoms with Gasteiger partial charge in [-0.25, -0.2) is 4.98 Å². The number of aliphatic imine (C=N–C) groups is 1. The predicted molar refractivity (Wildman–Crippen MR) is 88.1 cm³/mol. The number of carbonyl (C=O) groups excluding carboxylic acids is 1. The van der Waals surface area contributed by atoms with E-state index in [0.29, 0.717) is 24.7 Å². The SMILES string of the molecule is CN=C(NC)NCCC(=O)Nc1cccc(C)n1.I. The number of hydrogen-bond acceptors (Lipinski definition) is 3. The monoisotopic (exact) mass is 377 g/mol. The molecule has 0 aliphatic heterocycles. The summed E-state index contributed by atoms with van der Waals surface area (Å²) < 4.78 is 0. The van der Waals surface area contributed by atoms with Gasteiger partial charge in [-0.05, 0) is 19.1 Å². The lowest BCUT2D eigenvalue weighted by Gasteiger charge is -2.08. The Labute approximate surface area is 130 Å². The first-order chi connectivity index (χ1) is 8.65. The van der Waals surface area contributed by atoms with Gasteiger partial charge in [0, 0.05) is 32.8 Å². The van der Waals surface area contributed by atoms with Crippen LogP contribution in [0.3, 0.4) is 0 Å². The van der Waals surface area contributed by atoms with Crippen LogP contribution in [0, 0.1) is 6.92 Å². The molecule has 0 radical (unpaired) electrons. The van der Waals surface area contributed by atoms with Gasteiger partial charge >= 0.3 is 0 Å². The molecule has 0 saturated heterocycles. The van der Waals surface area contributed by atoms with Gasteiger partial charge in [0.2, 0.25) is 5.91 Å². The summed E-state index contributed by atoms with van der Waals surface area (Å²) in [4.78, 5) is 19.8. The van der Waals surface area contributed by atoms with Gasteiger partial charge in [0.1, 0.15) is 5.82 Å². The fraction of sp³-hybridized carbons (Fsp3) is 0.417. The molecule has 0 unspecified atom stereocenters. The second-order valence-electron chi connectivity index (χ2n) is 3.71. The Hall–Kier alpha value is -1.38. The van der Waals surface area contributed by atoms with Crippen molar-refractivity contribution in [2.24, 2.45) is 4.99 Å². The number of pyridine rings is 1. The topological polar surface area (TPSA) is 78.4 Å². The number of anilines is 1. The Morgan fingerprint density at radius 2 is 2.16 bits per heavy atom. The van der Waals surface area contributed by atoms with Crippen molar-refractivity contribution in [3.63, 3.8) is 0 Å². The highest BCUT2D eigenvalue weighted by molar-refractivity contribution is 14.0. The van der Waals surface area contributed by atoms with Crippen LogP contribution in [0.25, 0.3) is 0 Å². The lowest BCUT2D eigenvalue weighted by atomic mass is 10.3. The molecule has 1 amide bonds. The number of guanidine groups is 1. The number of hydrogen-bond donors (Lipinski definition) is 3. The smallest absolute Gasteiger partial charge is 0.227 e. The molecular formula is C12H20IN5O. The molecule has 0 aromatic carbocycles. The first-order valence-electron chi connectivity index (χ1n) is 5.77. The Kier molecular flexibility index (Phi) is 8.84. The van der Waals surface area contributed by atoms with Crippen LogP contribution in [0.4, 0.5) is 5.82 Å². The summed E-state index contributed by atoms with van der Waals surface area (Å²) in [7, 11) is 3.45. The number of nitrogens with zero attached hydrogens (tertiary/aromatic N) is 2. The predicted octanol–water partition coefficient (Wildman–Crippen LogP) is 1.13. The zero-order valence-electron chi connectivity index (χ0n) is 11.4. The molecule has 0 bridgehead atoms. The van der Waals surface area contributed by atoms with Crippen LogP contribution >= 0.6 is 24.0 Å². The minimum Gasteiger partial charge on any atom is -0.359 e. The Bertz CT molecular complexity index is 436. The summed E-state index contributed by atoms with van der Waals surface area (Å²) in [5, 5.41) is 8.62. The van der Waals surface area contributed by atoms with Crippen molar-refractivity contribution >= 4 is 41.7 Å². The van der Waals surface area contributed by atoms with E-state index in [0.717, 1.165) is 5.69 Å². The molecule has 1 rings (SSSR count). The molecule has 1 aromatic heterocycles. The molecule has 0 spiro atoms. The van der Waals surface area contributed by atoms with E-state index in [4.69, 9.17) is 0 Å². The summed E-state index contributed by atoms with van der Waals surface area (Å²) in [6.45, 7) is 2.40. The summed E-state index contributed by atoms with van der Waals surface area (Å²) in [6.07, 6.45) is 0.357. The number of aryl methyl sites for hydroxylation is 1. The Morgan fingerprint density at radius 1 is 1.42 bits per heavy atom. The van der Waals surface area contributed by atoms with Gasteiger partial charge < -0.3 is 16.0 Å². The molecule has 6 nitrogen and oxygen atoms in total. The van der Waals surface area contributed by atoms with Gasteiger partial charge in [0.25, 0.3) is 0 Å².